The first-order chi connectivity index (χ1) is 20.3. The summed E-state index contributed by atoms with van der Waals surface area (Å²) in [6, 6.07) is 55.4. The summed E-state index contributed by atoms with van der Waals surface area (Å²) in [5.41, 5.74) is 4.00. The second kappa shape index (κ2) is 14.3. The van der Waals surface area contributed by atoms with E-state index in [2.05, 4.69) is 174 Å². The number of rotatable bonds is 9. The lowest BCUT2D eigenvalue weighted by molar-refractivity contribution is 0.844. The first-order valence-electron chi connectivity index (χ1n) is 14.5. The Kier molecular flexibility index (Phi) is 9.81. The van der Waals surface area contributed by atoms with Crippen LogP contribution in [0.5, 0.6) is 0 Å². The van der Waals surface area contributed by atoms with Gasteiger partial charge in [-0.25, -0.2) is 4.98 Å². The van der Waals surface area contributed by atoms with Crippen molar-refractivity contribution in [3.8, 4) is 0 Å². The average molecular weight is 549 g/mol. The molecular weight excluding hydrogens is 511 g/mol. The number of benzene rings is 5. The van der Waals surface area contributed by atoms with Crippen molar-refractivity contribution in [1.82, 2.24) is 9.55 Å². The Balaban J connectivity index is 0.000000166. The van der Waals surface area contributed by atoms with Gasteiger partial charge in [-0.2, -0.15) is 0 Å². The maximum Gasteiger partial charge on any atom is 0.241 e. The van der Waals surface area contributed by atoms with E-state index in [1.54, 1.807) is 0 Å². The summed E-state index contributed by atoms with van der Waals surface area (Å²) < 4.78 is 2.25. The van der Waals surface area contributed by atoms with Gasteiger partial charge >= 0.3 is 0 Å². The summed E-state index contributed by atoms with van der Waals surface area (Å²) in [5.74, 6) is 0. The highest BCUT2D eigenvalue weighted by Gasteiger charge is 2.36. The van der Waals surface area contributed by atoms with Crippen LogP contribution in [0.3, 0.4) is 0 Å². The number of hydrogen-bond donors (Lipinski definition) is 0. The number of nitrogens with zero attached hydrogens (tertiary/aromatic N) is 2. The lowest BCUT2D eigenvalue weighted by Crippen LogP contribution is -2.61. The molecule has 0 N–H and O–H groups in total. The predicted octanol–water partition coefficient (Wildman–Crippen LogP) is 5.30. The summed E-state index contributed by atoms with van der Waals surface area (Å²) in [7, 11) is -1.83. The van der Waals surface area contributed by atoms with Crippen LogP contribution in [0.4, 0.5) is 0 Å². The Hall–Kier alpha value is -4.41. The van der Waals surface area contributed by atoms with Crippen LogP contribution in [0, 0.1) is 0 Å². The second-order valence-electron chi connectivity index (χ2n) is 10.5. The summed E-state index contributed by atoms with van der Waals surface area (Å²) in [6.45, 7) is 2.60. The summed E-state index contributed by atoms with van der Waals surface area (Å²) in [5, 5.41) is 3.02. The van der Waals surface area contributed by atoms with E-state index in [0.717, 1.165) is 6.17 Å². The second-order valence-corrected chi connectivity index (χ2v) is 14.6. The molecule has 0 aliphatic carbocycles. The van der Waals surface area contributed by atoms with Gasteiger partial charge in [0.05, 0.1) is 6.33 Å². The molecule has 0 amide bonds. The van der Waals surface area contributed by atoms with E-state index in [4.69, 9.17) is 0 Å². The molecular formula is C37H37BN2Si. The average Bonchev–Trinajstić information content (AvgIpc) is 3.57. The van der Waals surface area contributed by atoms with E-state index in [1.807, 2.05) is 12.5 Å². The van der Waals surface area contributed by atoms with Crippen LogP contribution in [-0.4, -0.2) is 24.3 Å². The molecule has 2 nitrogen and oxygen atoms in total. The zero-order valence-electron chi connectivity index (χ0n) is 23.8. The molecule has 41 heavy (non-hydrogen) atoms. The number of imidazole rings is 1. The highest BCUT2D eigenvalue weighted by molar-refractivity contribution is 7.01. The minimum absolute atomic E-state index is 0.309. The Labute approximate surface area is 246 Å². The largest absolute Gasteiger partial charge is 0.340 e. The fourth-order valence-corrected chi connectivity index (χ4v) is 10.6. The van der Waals surface area contributed by atoms with Crippen LogP contribution >= 0.6 is 0 Å². The molecule has 0 unspecified atom stereocenters. The van der Waals surface area contributed by atoms with E-state index < -0.39 is 8.07 Å². The Morgan fingerprint density at radius 1 is 0.561 bits per heavy atom. The molecule has 0 spiro atoms. The van der Waals surface area contributed by atoms with Gasteiger partial charge in [0.2, 0.25) is 6.71 Å². The van der Waals surface area contributed by atoms with Crippen LogP contribution in [0.2, 0.25) is 6.04 Å². The number of aromatic nitrogens is 2. The third kappa shape index (κ3) is 7.03. The molecule has 0 saturated carbocycles. The zero-order chi connectivity index (χ0) is 28.2. The van der Waals surface area contributed by atoms with Gasteiger partial charge in [0.15, 0.2) is 0 Å². The molecule has 0 bridgehead atoms. The molecule has 6 rings (SSSR count). The van der Waals surface area contributed by atoms with Crippen LogP contribution in [0.25, 0.3) is 0 Å². The van der Waals surface area contributed by atoms with Gasteiger partial charge in [-0.1, -0.05) is 192 Å². The van der Waals surface area contributed by atoms with Crippen molar-refractivity contribution < 1.29 is 0 Å². The normalized spacial score (nSPS) is 10.9. The third-order valence-electron chi connectivity index (χ3n) is 7.74. The molecule has 4 heteroatoms. The minimum atomic E-state index is -1.83. The van der Waals surface area contributed by atoms with Gasteiger partial charge in [0.1, 0.15) is 8.07 Å². The highest BCUT2D eigenvalue weighted by Crippen LogP contribution is 2.16. The molecule has 0 aliphatic rings. The van der Waals surface area contributed by atoms with Crippen molar-refractivity contribution in [1.29, 1.82) is 0 Å². The maximum atomic E-state index is 4.24. The molecule has 0 atom stereocenters. The molecule has 1 aromatic heterocycles. The van der Waals surface area contributed by atoms with Crippen LogP contribution in [-0.2, 0) is 6.17 Å². The van der Waals surface area contributed by atoms with Gasteiger partial charge in [0, 0.05) is 18.6 Å². The van der Waals surface area contributed by atoms with E-state index in [9.17, 15) is 0 Å². The monoisotopic (exact) mass is 548 g/mol. The van der Waals surface area contributed by atoms with Crippen molar-refractivity contribution in [2.75, 3.05) is 0 Å². The lowest BCUT2D eigenvalue weighted by Gasteiger charge is -2.33. The SMILES string of the molecule is CCC[Si](Cn1ccnc1)(c1ccccc1)c1ccccc1.c1ccc(B(c2ccccc2)c2ccccc2)cc1. The quantitative estimate of drug-likeness (QED) is 0.224. The first kappa shape index (κ1) is 28.1. The van der Waals surface area contributed by atoms with Crippen LogP contribution in [0.1, 0.15) is 13.3 Å². The van der Waals surface area contributed by atoms with E-state index >= 15 is 0 Å². The minimum Gasteiger partial charge on any atom is -0.340 e. The zero-order valence-corrected chi connectivity index (χ0v) is 24.8. The molecule has 0 radical (unpaired) electrons. The lowest BCUT2D eigenvalue weighted by atomic mass is 9.37. The fourth-order valence-electron chi connectivity index (χ4n) is 5.86. The van der Waals surface area contributed by atoms with Gasteiger partial charge in [-0.3, -0.25) is 0 Å². The molecule has 5 aromatic carbocycles. The van der Waals surface area contributed by atoms with Gasteiger partial charge in [-0.15, -0.1) is 0 Å². The smallest absolute Gasteiger partial charge is 0.241 e. The topological polar surface area (TPSA) is 17.8 Å². The number of hydrogen-bond acceptors (Lipinski definition) is 1. The van der Waals surface area contributed by atoms with E-state index in [-0.39, 0.29) is 0 Å². The van der Waals surface area contributed by atoms with Crippen molar-refractivity contribution in [3.63, 3.8) is 0 Å². The van der Waals surface area contributed by atoms with E-state index in [0.29, 0.717) is 6.71 Å². The Morgan fingerprint density at radius 3 is 1.29 bits per heavy atom. The molecule has 0 saturated heterocycles. The van der Waals surface area contributed by atoms with Crippen molar-refractivity contribution in [2.45, 2.75) is 25.6 Å². The van der Waals surface area contributed by atoms with Crippen molar-refractivity contribution >= 4 is 41.5 Å². The standard InChI is InChI=1S/C19H22N2Si.C18H15B/c1-2-15-22(17-21-14-13-20-16-21,18-9-5-3-6-10-18)19-11-7-4-8-12-19;1-4-10-16(11-5-1)19(17-12-6-2-7-13-17)18-14-8-3-9-15-18/h3-14,16H,2,15,17H2,1H3;1-15H. The third-order valence-corrected chi connectivity index (χ3v) is 12.9. The summed E-state index contributed by atoms with van der Waals surface area (Å²) in [6.07, 6.45) is 8.16. The first-order valence-corrected chi connectivity index (χ1v) is 16.9. The van der Waals surface area contributed by atoms with Gasteiger partial charge in [0.25, 0.3) is 0 Å². The Bertz CT molecular complexity index is 1410. The van der Waals surface area contributed by atoms with Crippen molar-refractivity contribution in [2.24, 2.45) is 0 Å². The van der Waals surface area contributed by atoms with Gasteiger partial charge < -0.3 is 4.57 Å². The fraction of sp³-hybridized carbons (Fsp3) is 0.108. The maximum absolute atomic E-state index is 4.24. The molecule has 0 aliphatic heterocycles. The Morgan fingerprint density at radius 2 is 0.951 bits per heavy atom. The molecule has 0 fully saturated rings. The van der Waals surface area contributed by atoms with Crippen LogP contribution < -0.4 is 26.8 Å². The van der Waals surface area contributed by atoms with Crippen molar-refractivity contribution in [3.05, 3.63) is 170 Å². The highest BCUT2D eigenvalue weighted by atomic mass is 28.3. The summed E-state index contributed by atoms with van der Waals surface area (Å²) in [4.78, 5) is 4.24. The molecule has 6 aromatic rings. The molecule has 1 heterocycles. The van der Waals surface area contributed by atoms with Gasteiger partial charge in [-0.05, 0) is 6.04 Å². The summed E-state index contributed by atoms with van der Waals surface area (Å²) >= 11 is 0. The van der Waals surface area contributed by atoms with E-state index in [1.165, 1.54) is 39.2 Å². The van der Waals surface area contributed by atoms with Crippen LogP contribution in [0.15, 0.2) is 170 Å². The molecule has 202 valence electrons. The predicted molar refractivity (Wildman–Crippen MR) is 179 cm³/mol.